The van der Waals surface area contributed by atoms with Gasteiger partial charge in [0.25, 0.3) is 0 Å². The molecule has 0 bridgehead atoms. The van der Waals surface area contributed by atoms with Gasteiger partial charge in [0.05, 0.1) is 0 Å². The lowest BCUT2D eigenvalue weighted by Gasteiger charge is -2.36. The number of carbonyl (C=O) groups is 1. The Kier molecular flexibility index (Phi) is 6.90. The quantitative estimate of drug-likeness (QED) is 0.244. The van der Waals surface area contributed by atoms with Crippen LogP contribution in [0.15, 0.2) is 5.11 Å². The summed E-state index contributed by atoms with van der Waals surface area (Å²) >= 11 is 0. The minimum absolute atomic E-state index is 0.0871. The van der Waals surface area contributed by atoms with Crippen molar-refractivity contribution in [2.24, 2.45) is 5.11 Å². The van der Waals surface area contributed by atoms with Crippen LogP contribution in [-0.2, 0) is 14.0 Å². The van der Waals surface area contributed by atoms with Crippen LogP contribution in [0.4, 0.5) is 0 Å². The molecule has 126 valence electrons. The number of cyclic esters (lactones) is 1. The predicted molar refractivity (Wildman–Crippen MR) is 89.0 cm³/mol. The monoisotopic (exact) mass is 327 g/mol. The van der Waals surface area contributed by atoms with Crippen LogP contribution in [0.5, 0.6) is 0 Å². The lowest BCUT2D eigenvalue weighted by molar-refractivity contribution is -0.151. The van der Waals surface area contributed by atoms with Crippen molar-refractivity contribution in [1.29, 1.82) is 0 Å². The summed E-state index contributed by atoms with van der Waals surface area (Å²) in [5, 5.41) is 3.98. The average molecular weight is 328 g/mol. The van der Waals surface area contributed by atoms with Crippen LogP contribution in [0, 0.1) is 0 Å². The minimum atomic E-state index is -1.78. The largest absolute Gasteiger partial charge is 0.462 e. The molecule has 22 heavy (non-hydrogen) atoms. The topological polar surface area (TPSA) is 84.3 Å². The molecule has 1 rings (SSSR count). The van der Waals surface area contributed by atoms with Crippen molar-refractivity contribution < 1.29 is 14.0 Å². The molecule has 1 heterocycles. The molecule has 0 amide bonds. The van der Waals surface area contributed by atoms with E-state index in [1.165, 1.54) is 0 Å². The van der Waals surface area contributed by atoms with Crippen molar-refractivity contribution in [1.82, 2.24) is 0 Å². The van der Waals surface area contributed by atoms with E-state index in [9.17, 15) is 4.79 Å². The van der Waals surface area contributed by atoms with Crippen molar-refractivity contribution in [3.05, 3.63) is 10.4 Å². The predicted octanol–water partition coefficient (Wildman–Crippen LogP) is 4.56. The maximum absolute atomic E-state index is 11.7. The number of esters is 1. The number of ether oxygens (including phenoxy) is 1. The summed E-state index contributed by atoms with van der Waals surface area (Å²) in [4.78, 5) is 14.6. The molecular weight excluding hydrogens is 298 g/mol. The summed E-state index contributed by atoms with van der Waals surface area (Å²) in [6.45, 7) is 11.6. The van der Waals surface area contributed by atoms with Crippen molar-refractivity contribution in [2.45, 2.75) is 83.2 Å². The molecule has 1 saturated heterocycles. The van der Waals surface area contributed by atoms with E-state index in [-0.39, 0.29) is 23.2 Å². The SMILES string of the molecule is CC(C)(C)[Si](C)(C)OCC[C@@H]1C[C@H](N=[N+]=[N-])CCCC(=O)O1. The van der Waals surface area contributed by atoms with Gasteiger partial charge in [-0.1, -0.05) is 25.9 Å². The first-order valence-corrected chi connectivity index (χ1v) is 10.9. The van der Waals surface area contributed by atoms with Gasteiger partial charge in [-0.3, -0.25) is 4.79 Å². The number of hydrogen-bond donors (Lipinski definition) is 0. The van der Waals surface area contributed by atoms with Crippen LogP contribution < -0.4 is 0 Å². The first-order valence-electron chi connectivity index (χ1n) is 8.03. The Hall–Kier alpha value is -1.04. The average Bonchev–Trinajstić information content (AvgIpc) is 2.34. The van der Waals surface area contributed by atoms with E-state index in [4.69, 9.17) is 14.7 Å². The van der Waals surface area contributed by atoms with Crippen LogP contribution in [0.1, 0.15) is 52.9 Å². The fraction of sp³-hybridized carbons (Fsp3) is 0.933. The van der Waals surface area contributed by atoms with E-state index in [1.807, 2.05) is 0 Å². The lowest BCUT2D eigenvalue weighted by atomic mass is 10.0. The number of rotatable bonds is 5. The van der Waals surface area contributed by atoms with Gasteiger partial charge in [0.1, 0.15) is 6.10 Å². The Morgan fingerprint density at radius 1 is 1.45 bits per heavy atom. The highest BCUT2D eigenvalue weighted by Crippen LogP contribution is 2.36. The maximum Gasteiger partial charge on any atom is 0.306 e. The van der Waals surface area contributed by atoms with Gasteiger partial charge in [-0.05, 0) is 42.9 Å². The lowest BCUT2D eigenvalue weighted by Crippen LogP contribution is -2.41. The molecule has 0 unspecified atom stereocenters. The van der Waals surface area contributed by atoms with E-state index in [1.54, 1.807) is 0 Å². The molecule has 0 N–H and O–H groups in total. The second-order valence-corrected chi connectivity index (χ2v) is 12.3. The second-order valence-electron chi connectivity index (χ2n) is 7.50. The molecule has 0 aromatic heterocycles. The van der Waals surface area contributed by atoms with E-state index >= 15 is 0 Å². The van der Waals surface area contributed by atoms with Crippen LogP contribution in [0.2, 0.25) is 18.1 Å². The molecule has 7 heteroatoms. The van der Waals surface area contributed by atoms with E-state index in [0.717, 1.165) is 12.8 Å². The summed E-state index contributed by atoms with van der Waals surface area (Å²) in [7, 11) is -1.78. The van der Waals surface area contributed by atoms with E-state index in [0.29, 0.717) is 25.9 Å². The molecule has 0 spiro atoms. The van der Waals surface area contributed by atoms with Gasteiger partial charge in [0, 0.05) is 30.4 Å². The molecule has 1 aliphatic heterocycles. The first kappa shape index (κ1) is 19.0. The standard InChI is InChI=1S/C15H29N3O3Si/c1-15(2,3)22(4,5)20-10-9-13-11-12(17-18-16)7-6-8-14(19)21-13/h12-13H,6-11H2,1-5H3/t12-,13-/m1/s1. The second kappa shape index (κ2) is 7.99. The zero-order valence-electron chi connectivity index (χ0n) is 14.5. The summed E-state index contributed by atoms with van der Waals surface area (Å²) in [5.74, 6) is -0.156. The Morgan fingerprint density at radius 3 is 2.73 bits per heavy atom. The van der Waals surface area contributed by atoms with Crippen molar-refractivity contribution in [3.8, 4) is 0 Å². The van der Waals surface area contributed by atoms with Crippen LogP contribution in [0.3, 0.4) is 0 Å². The number of hydrogen-bond acceptors (Lipinski definition) is 4. The fourth-order valence-electron chi connectivity index (χ4n) is 2.21. The third-order valence-corrected chi connectivity index (χ3v) is 9.21. The normalized spacial score (nSPS) is 24.0. The van der Waals surface area contributed by atoms with Crippen molar-refractivity contribution in [3.63, 3.8) is 0 Å². The van der Waals surface area contributed by atoms with Crippen LogP contribution in [-0.4, -0.2) is 33.0 Å². The molecular formula is C15H29N3O3Si. The van der Waals surface area contributed by atoms with Crippen molar-refractivity contribution in [2.75, 3.05) is 6.61 Å². The number of carbonyl (C=O) groups excluding carboxylic acids is 1. The van der Waals surface area contributed by atoms with Crippen LogP contribution >= 0.6 is 0 Å². The molecule has 6 nitrogen and oxygen atoms in total. The summed E-state index contributed by atoms with van der Waals surface area (Å²) < 4.78 is 11.6. The van der Waals surface area contributed by atoms with Gasteiger partial charge in [-0.25, -0.2) is 0 Å². The summed E-state index contributed by atoms with van der Waals surface area (Å²) in [5.41, 5.74) is 8.62. The van der Waals surface area contributed by atoms with Gasteiger partial charge in [-0.15, -0.1) is 0 Å². The first-order chi connectivity index (χ1) is 10.2. The fourth-order valence-corrected chi connectivity index (χ4v) is 3.27. The van der Waals surface area contributed by atoms with Crippen LogP contribution in [0.25, 0.3) is 10.4 Å². The summed E-state index contributed by atoms with van der Waals surface area (Å²) in [6, 6.07) is -0.0871. The molecule has 1 fully saturated rings. The molecule has 2 atom stereocenters. The number of azide groups is 1. The Bertz CT molecular complexity index is 428. The maximum atomic E-state index is 11.7. The Balaban J connectivity index is 2.56. The van der Waals surface area contributed by atoms with Gasteiger partial charge >= 0.3 is 5.97 Å². The Labute approximate surface area is 134 Å². The smallest absolute Gasteiger partial charge is 0.306 e. The highest BCUT2D eigenvalue weighted by molar-refractivity contribution is 6.74. The third-order valence-electron chi connectivity index (χ3n) is 4.68. The molecule has 0 radical (unpaired) electrons. The third kappa shape index (κ3) is 5.99. The highest BCUT2D eigenvalue weighted by Gasteiger charge is 2.37. The van der Waals surface area contributed by atoms with Gasteiger partial charge in [0.15, 0.2) is 8.32 Å². The molecule has 0 saturated carbocycles. The van der Waals surface area contributed by atoms with E-state index < -0.39 is 8.32 Å². The molecule has 0 aromatic rings. The summed E-state index contributed by atoms with van der Waals surface area (Å²) in [6.07, 6.45) is 2.91. The van der Waals surface area contributed by atoms with Gasteiger partial charge in [0.2, 0.25) is 0 Å². The zero-order chi connectivity index (χ0) is 16.8. The molecule has 0 aliphatic carbocycles. The Morgan fingerprint density at radius 2 is 2.14 bits per heavy atom. The minimum Gasteiger partial charge on any atom is -0.462 e. The number of nitrogens with zero attached hydrogens (tertiary/aromatic N) is 3. The highest BCUT2D eigenvalue weighted by atomic mass is 28.4. The molecule has 1 aliphatic rings. The van der Waals surface area contributed by atoms with Crippen molar-refractivity contribution >= 4 is 14.3 Å². The van der Waals surface area contributed by atoms with E-state index in [2.05, 4.69) is 43.9 Å². The molecule has 0 aromatic carbocycles. The zero-order valence-corrected chi connectivity index (χ0v) is 15.5. The van der Waals surface area contributed by atoms with Gasteiger partial charge < -0.3 is 9.16 Å². The van der Waals surface area contributed by atoms with Gasteiger partial charge in [-0.2, -0.15) is 0 Å².